The summed E-state index contributed by atoms with van der Waals surface area (Å²) in [7, 11) is 5.87. The van der Waals surface area contributed by atoms with Crippen molar-refractivity contribution in [1.82, 2.24) is 5.32 Å². The third kappa shape index (κ3) is 8.66. The first-order valence-corrected chi connectivity index (χ1v) is 5.58. The highest BCUT2D eigenvalue weighted by Crippen LogP contribution is 2.24. The summed E-state index contributed by atoms with van der Waals surface area (Å²) in [6, 6.07) is 0. The minimum atomic E-state index is 0.756. The summed E-state index contributed by atoms with van der Waals surface area (Å²) in [6.45, 7) is 5.55. The Morgan fingerprint density at radius 2 is 2.11 bits per heavy atom. The summed E-state index contributed by atoms with van der Waals surface area (Å²) < 4.78 is 0. The van der Waals surface area contributed by atoms with Crippen LogP contribution in [0.3, 0.4) is 0 Å². The average Bonchev–Trinajstić information content (AvgIpc) is 1.80. The van der Waals surface area contributed by atoms with Gasteiger partial charge in [0.05, 0.1) is 0 Å². The number of nitrogens with one attached hydrogen (secondary N) is 1. The van der Waals surface area contributed by atoms with E-state index in [0.29, 0.717) is 0 Å². The summed E-state index contributed by atoms with van der Waals surface area (Å²) in [5.41, 5.74) is 0. The van der Waals surface area contributed by atoms with Crippen LogP contribution in [-0.2, 0) is 0 Å². The topological polar surface area (TPSA) is 12.0 Å². The summed E-state index contributed by atoms with van der Waals surface area (Å²) in [5.74, 6) is 1.21. The van der Waals surface area contributed by atoms with Gasteiger partial charge in [-0.25, -0.2) is 0 Å². The first kappa shape index (κ1) is 9.66. The lowest BCUT2D eigenvalue weighted by Gasteiger charge is -2.01. The predicted octanol–water partition coefficient (Wildman–Crippen LogP) is 2.00. The Bertz CT molecular complexity index is 57.0. The van der Waals surface area contributed by atoms with E-state index in [-0.39, 0.29) is 0 Å². The SMILES string of the molecule is CNCCSSC(C)C. The van der Waals surface area contributed by atoms with Gasteiger partial charge in [0.1, 0.15) is 0 Å². The molecule has 0 aromatic heterocycles. The molecule has 0 aromatic carbocycles. The van der Waals surface area contributed by atoms with Gasteiger partial charge in [0.15, 0.2) is 0 Å². The minimum absolute atomic E-state index is 0.756. The highest BCUT2D eigenvalue weighted by atomic mass is 33.1. The second-order valence-electron chi connectivity index (χ2n) is 2.07. The van der Waals surface area contributed by atoms with Crippen molar-refractivity contribution in [1.29, 1.82) is 0 Å². The molecule has 3 heteroatoms. The summed E-state index contributed by atoms with van der Waals surface area (Å²) in [5, 5.41) is 3.86. The monoisotopic (exact) mass is 165 g/mol. The zero-order valence-corrected chi connectivity index (χ0v) is 7.94. The standard InChI is InChI=1S/C6H15NS2/c1-6(2)9-8-5-4-7-3/h6-7H,4-5H2,1-3H3. The molecule has 0 spiro atoms. The molecule has 1 nitrogen and oxygen atoms in total. The van der Waals surface area contributed by atoms with Gasteiger partial charge in [0.25, 0.3) is 0 Å². The second-order valence-corrected chi connectivity index (χ2v) is 5.13. The molecule has 0 saturated carbocycles. The summed E-state index contributed by atoms with van der Waals surface area (Å²) in [6.07, 6.45) is 0. The molecule has 0 rings (SSSR count). The Morgan fingerprint density at radius 1 is 1.44 bits per heavy atom. The average molecular weight is 165 g/mol. The van der Waals surface area contributed by atoms with E-state index in [1.807, 2.05) is 28.6 Å². The Balaban J connectivity index is 2.75. The van der Waals surface area contributed by atoms with Crippen LogP contribution in [0.5, 0.6) is 0 Å². The molecular weight excluding hydrogens is 150 g/mol. The van der Waals surface area contributed by atoms with E-state index in [0.717, 1.165) is 11.8 Å². The fourth-order valence-corrected chi connectivity index (χ4v) is 2.34. The first-order valence-electron chi connectivity index (χ1n) is 3.20. The zero-order chi connectivity index (χ0) is 7.11. The van der Waals surface area contributed by atoms with Gasteiger partial charge in [-0.15, -0.1) is 0 Å². The molecule has 0 aromatic rings. The Morgan fingerprint density at radius 3 is 2.56 bits per heavy atom. The van der Waals surface area contributed by atoms with Crippen molar-refractivity contribution in [3.8, 4) is 0 Å². The molecule has 0 radical (unpaired) electrons. The Hall–Kier alpha value is 0.660. The Labute approximate surface area is 65.8 Å². The van der Waals surface area contributed by atoms with Crippen molar-refractivity contribution in [3.05, 3.63) is 0 Å². The van der Waals surface area contributed by atoms with Gasteiger partial charge in [-0.3, -0.25) is 0 Å². The van der Waals surface area contributed by atoms with Gasteiger partial charge in [0.2, 0.25) is 0 Å². The lowest BCUT2D eigenvalue weighted by atomic mass is 10.6. The third-order valence-corrected chi connectivity index (χ3v) is 3.65. The van der Waals surface area contributed by atoms with E-state index in [9.17, 15) is 0 Å². The van der Waals surface area contributed by atoms with Gasteiger partial charge in [-0.1, -0.05) is 35.4 Å². The van der Waals surface area contributed by atoms with Crippen molar-refractivity contribution in [3.63, 3.8) is 0 Å². The highest BCUT2D eigenvalue weighted by molar-refractivity contribution is 8.76. The fraction of sp³-hybridized carbons (Fsp3) is 1.00. The summed E-state index contributed by atoms with van der Waals surface area (Å²) in [4.78, 5) is 0. The molecule has 0 heterocycles. The maximum absolute atomic E-state index is 3.11. The first-order chi connectivity index (χ1) is 4.27. The molecule has 0 fully saturated rings. The maximum Gasteiger partial charge on any atom is 0.0162 e. The van der Waals surface area contributed by atoms with E-state index in [4.69, 9.17) is 0 Å². The van der Waals surface area contributed by atoms with Crippen LogP contribution in [0.1, 0.15) is 13.8 Å². The van der Waals surface area contributed by atoms with Gasteiger partial charge < -0.3 is 5.32 Å². The molecule has 0 aliphatic heterocycles. The van der Waals surface area contributed by atoms with Crippen molar-refractivity contribution in [2.45, 2.75) is 19.1 Å². The van der Waals surface area contributed by atoms with Crippen molar-refractivity contribution in [2.75, 3.05) is 19.3 Å². The molecule has 1 N–H and O–H groups in total. The van der Waals surface area contributed by atoms with E-state index >= 15 is 0 Å². The Kier molecular flexibility index (Phi) is 7.27. The fourth-order valence-electron chi connectivity index (χ4n) is 0.328. The molecule has 0 saturated heterocycles. The predicted molar refractivity (Wildman–Crippen MR) is 49.1 cm³/mol. The lowest BCUT2D eigenvalue weighted by Crippen LogP contribution is -2.09. The second kappa shape index (κ2) is 6.78. The van der Waals surface area contributed by atoms with Crippen LogP contribution in [-0.4, -0.2) is 24.6 Å². The van der Waals surface area contributed by atoms with Gasteiger partial charge >= 0.3 is 0 Å². The van der Waals surface area contributed by atoms with Crippen LogP contribution < -0.4 is 5.32 Å². The molecular formula is C6H15NS2. The van der Waals surface area contributed by atoms with Gasteiger partial charge in [0, 0.05) is 17.5 Å². The molecule has 0 amide bonds. The molecule has 9 heavy (non-hydrogen) atoms. The number of hydrogen-bond donors (Lipinski definition) is 1. The molecule has 56 valence electrons. The van der Waals surface area contributed by atoms with Crippen molar-refractivity contribution in [2.24, 2.45) is 0 Å². The van der Waals surface area contributed by atoms with Crippen LogP contribution in [0.25, 0.3) is 0 Å². The third-order valence-electron chi connectivity index (χ3n) is 0.696. The van der Waals surface area contributed by atoms with Crippen molar-refractivity contribution >= 4 is 21.6 Å². The van der Waals surface area contributed by atoms with E-state index in [1.54, 1.807) is 0 Å². The smallest absolute Gasteiger partial charge is 0.0162 e. The van der Waals surface area contributed by atoms with Crippen LogP contribution >= 0.6 is 21.6 Å². The molecule has 0 aliphatic carbocycles. The highest BCUT2D eigenvalue weighted by Gasteiger charge is 1.92. The molecule has 0 aliphatic rings. The largest absolute Gasteiger partial charge is 0.319 e. The van der Waals surface area contributed by atoms with E-state index in [1.165, 1.54) is 5.75 Å². The quantitative estimate of drug-likeness (QED) is 0.494. The van der Waals surface area contributed by atoms with Crippen LogP contribution in [0.15, 0.2) is 0 Å². The van der Waals surface area contributed by atoms with E-state index < -0.39 is 0 Å². The van der Waals surface area contributed by atoms with Crippen LogP contribution in [0.2, 0.25) is 0 Å². The molecule has 0 atom stereocenters. The van der Waals surface area contributed by atoms with E-state index in [2.05, 4.69) is 19.2 Å². The van der Waals surface area contributed by atoms with Crippen molar-refractivity contribution < 1.29 is 0 Å². The molecule has 0 unspecified atom stereocenters. The summed E-state index contributed by atoms with van der Waals surface area (Å²) >= 11 is 0. The number of rotatable bonds is 5. The van der Waals surface area contributed by atoms with Crippen LogP contribution in [0.4, 0.5) is 0 Å². The zero-order valence-electron chi connectivity index (χ0n) is 6.31. The minimum Gasteiger partial charge on any atom is -0.319 e. The molecule has 0 bridgehead atoms. The van der Waals surface area contributed by atoms with Crippen LogP contribution in [0, 0.1) is 0 Å². The number of hydrogen-bond acceptors (Lipinski definition) is 3. The maximum atomic E-state index is 3.11. The van der Waals surface area contributed by atoms with Gasteiger partial charge in [-0.2, -0.15) is 0 Å². The lowest BCUT2D eigenvalue weighted by molar-refractivity contribution is 0.873. The normalized spacial score (nSPS) is 10.7. The van der Waals surface area contributed by atoms with Gasteiger partial charge in [-0.05, 0) is 7.05 Å².